The number of hydrogen-bond donors (Lipinski definition) is 1. The van der Waals surface area contributed by atoms with E-state index in [1.165, 1.54) is 0 Å². The first-order valence-electron chi connectivity index (χ1n) is 13.1. The SMILES string of the molecule is O=C1NCCCN(C(=O)/C=C/c2ccccc2)CCN2C(=O)[C@@]3(c4ccccc42)[C@H]1C[C@@H]1CCCN13. The van der Waals surface area contributed by atoms with E-state index in [2.05, 4.69) is 10.2 Å². The summed E-state index contributed by atoms with van der Waals surface area (Å²) < 4.78 is 0. The van der Waals surface area contributed by atoms with Crippen LogP contribution in [-0.2, 0) is 19.9 Å². The first-order valence-corrected chi connectivity index (χ1v) is 13.1. The third-order valence-electron chi connectivity index (χ3n) is 8.36. The highest BCUT2D eigenvalue weighted by Gasteiger charge is 2.67. The fourth-order valence-corrected chi connectivity index (χ4v) is 6.78. The van der Waals surface area contributed by atoms with Gasteiger partial charge in [-0.05, 0) is 49.9 Å². The maximum absolute atomic E-state index is 14.3. The Hall–Kier alpha value is -3.45. The van der Waals surface area contributed by atoms with E-state index >= 15 is 0 Å². The summed E-state index contributed by atoms with van der Waals surface area (Å²) in [6, 6.07) is 17.9. The number of nitrogens with zero attached hydrogens (tertiary/aromatic N) is 3. The fraction of sp³-hybridized carbons (Fsp3) is 0.414. The van der Waals surface area contributed by atoms with Gasteiger partial charge in [-0.3, -0.25) is 19.3 Å². The third kappa shape index (κ3) is 3.56. The highest BCUT2D eigenvalue weighted by atomic mass is 16.2. The van der Waals surface area contributed by atoms with Gasteiger partial charge >= 0.3 is 0 Å². The van der Waals surface area contributed by atoms with E-state index in [-0.39, 0.29) is 23.8 Å². The quantitative estimate of drug-likeness (QED) is 0.666. The Kier molecular flexibility index (Phi) is 5.88. The number of benzene rings is 2. The van der Waals surface area contributed by atoms with Crippen LogP contribution in [0.4, 0.5) is 5.69 Å². The molecule has 4 heterocycles. The van der Waals surface area contributed by atoms with Crippen molar-refractivity contribution in [1.82, 2.24) is 15.1 Å². The Balaban J connectivity index is 1.34. The molecular weight excluding hydrogens is 452 g/mol. The van der Waals surface area contributed by atoms with Crippen LogP contribution in [0.25, 0.3) is 6.08 Å². The summed E-state index contributed by atoms with van der Waals surface area (Å²) in [4.78, 5) is 47.0. The third-order valence-corrected chi connectivity index (χ3v) is 8.36. The molecule has 36 heavy (non-hydrogen) atoms. The zero-order valence-corrected chi connectivity index (χ0v) is 20.4. The summed E-state index contributed by atoms with van der Waals surface area (Å²) in [7, 11) is 0. The summed E-state index contributed by atoms with van der Waals surface area (Å²) in [5.41, 5.74) is 1.84. The van der Waals surface area contributed by atoms with Crippen LogP contribution in [0.1, 0.15) is 36.8 Å². The molecule has 3 saturated heterocycles. The Morgan fingerprint density at radius 3 is 2.61 bits per heavy atom. The van der Waals surface area contributed by atoms with Crippen LogP contribution in [-0.4, -0.2) is 66.3 Å². The number of amides is 3. The van der Waals surface area contributed by atoms with E-state index in [9.17, 15) is 14.4 Å². The first kappa shape index (κ1) is 23.0. The molecule has 1 N–H and O–H groups in total. The Morgan fingerprint density at radius 2 is 1.75 bits per heavy atom. The van der Waals surface area contributed by atoms with Crippen molar-refractivity contribution >= 4 is 29.5 Å². The standard InChI is InChI=1S/C29H32N4O3/c34-26(14-13-21-8-2-1-3-9-21)31-16-7-15-30-27(35)24-20-22-10-6-17-33(22)29(24)23-11-4-5-12-25(23)32(19-18-31)28(29)36/h1-5,8-9,11-14,22,24H,6-7,10,15-20H2,(H,30,35)/b14-13+/t22-,24-,29+/m0/s1. The zero-order valence-electron chi connectivity index (χ0n) is 20.4. The summed E-state index contributed by atoms with van der Waals surface area (Å²) in [5.74, 6) is -0.541. The second-order valence-electron chi connectivity index (χ2n) is 10.2. The lowest BCUT2D eigenvalue weighted by molar-refractivity contribution is -0.139. The van der Waals surface area contributed by atoms with Crippen molar-refractivity contribution in [2.75, 3.05) is 37.6 Å². The van der Waals surface area contributed by atoms with Crippen molar-refractivity contribution in [3.05, 3.63) is 71.8 Å². The van der Waals surface area contributed by atoms with Gasteiger partial charge in [0, 0.05) is 49.5 Å². The molecule has 0 radical (unpaired) electrons. The topological polar surface area (TPSA) is 73.0 Å². The molecule has 0 unspecified atom stereocenters. The second kappa shape index (κ2) is 9.21. The lowest BCUT2D eigenvalue weighted by Gasteiger charge is -2.37. The Morgan fingerprint density at radius 1 is 0.944 bits per heavy atom. The normalized spacial score (nSPS) is 28.3. The van der Waals surface area contributed by atoms with Gasteiger partial charge in [-0.25, -0.2) is 0 Å². The highest BCUT2D eigenvalue weighted by molar-refractivity contribution is 6.11. The molecule has 4 aliphatic rings. The number of nitrogens with one attached hydrogen (secondary N) is 1. The molecule has 0 aliphatic carbocycles. The van der Waals surface area contributed by atoms with E-state index in [0.717, 1.165) is 36.2 Å². The van der Waals surface area contributed by atoms with Crippen molar-refractivity contribution < 1.29 is 14.4 Å². The molecule has 3 atom stereocenters. The number of hydrogen-bond acceptors (Lipinski definition) is 4. The van der Waals surface area contributed by atoms with Gasteiger partial charge < -0.3 is 15.1 Å². The molecule has 4 aliphatic heterocycles. The smallest absolute Gasteiger partial charge is 0.253 e. The molecule has 1 spiro atoms. The van der Waals surface area contributed by atoms with Crippen LogP contribution < -0.4 is 10.2 Å². The molecule has 2 aromatic rings. The molecular formula is C29H32N4O3. The van der Waals surface area contributed by atoms with Gasteiger partial charge in [0.25, 0.3) is 5.91 Å². The predicted molar refractivity (Wildman–Crippen MR) is 138 cm³/mol. The van der Waals surface area contributed by atoms with Gasteiger partial charge in [-0.15, -0.1) is 0 Å². The van der Waals surface area contributed by atoms with Crippen LogP contribution in [0.5, 0.6) is 0 Å². The second-order valence-corrected chi connectivity index (χ2v) is 10.2. The molecule has 186 valence electrons. The first-order chi connectivity index (χ1) is 17.6. The van der Waals surface area contributed by atoms with Gasteiger partial charge in [0.05, 0.1) is 5.92 Å². The van der Waals surface area contributed by atoms with Gasteiger partial charge in [0.1, 0.15) is 5.54 Å². The fourth-order valence-electron chi connectivity index (χ4n) is 6.78. The number of fused-ring (bicyclic) bond motifs is 4. The zero-order chi connectivity index (χ0) is 24.7. The van der Waals surface area contributed by atoms with E-state index < -0.39 is 11.5 Å². The van der Waals surface area contributed by atoms with Crippen LogP contribution in [0.15, 0.2) is 60.7 Å². The van der Waals surface area contributed by atoms with Gasteiger partial charge in [0.15, 0.2) is 0 Å². The van der Waals surface area contributed by atoms with E-state index in [0.29, 0.717) is 39.0 Å². The number of carbonyl (C=O) groups excluding carboxylic acids is 3. The summed E-state index contributed by atoms with van der Waals surface area (Å²) in [5, 5.41) is 3.12. The molecule has 6 rings (SSSR count). The summed E-state index contributed by atoms with van der Waals surface area (Å²) in [6.45, 7) is 2.69. The summed E-state index contributed by atoms with van der Waals surface area (Å²) in [6.07, 6.45) is 6.88. The van der Waals surface area contributed by atoms with Crippen LogP contribution in [0, 0.1) is 5.92 Å². The summed E-state index contributed by atoms with van der Waals surface area (Å²) >= 11 is 0. The molecule has 2 aromatic carbocycles. The Labute approximate surface area is 211 Å². The van der Waals surface area contributed by atoms with Crippen molar-refractivity contribution in [3.63, 3.8) is 0 Å². The molecule has 0 aromatic heterocycles. The lowest BCUT2D eigenvalue weighted by atomic mass is 9.78. The van der Waals surface area contributed by atoms with Crippen molar-refractivity contribution in [2.45, 2.75) is 37.3 Å². The van der Waals surface area contributed by atoms with Gasteiger partial charge in [-0.2, -0.15) is 0 Å². The predicted octanol–water partition coefficient (Wildman–Crippen LogP) is 2.77. The lowest BCUT2D eigenvalue weighted by Crippen LogP contribution is -2.57. The number of rotatable bonds is 2. The average Bonchev–Trinajstić information content (AvgIpc) is 3.55. The van der Waals surface area contributed by atoms with E-state index in [1.807, 2.05) is 65.6 Å². The van der Waals surface area contributed by atoms with Gasteiger partial charge in [0.2, 0.25) is 11.8 Å². The number of para-hydroxylation sites is 1. The van der Waals surface area contributed by atoms with Crippen molar-refractivity contribution in [3.8, 4) is 0 Å². The molecule has 7 nitrogen and oxygen atoms in total. The monoisotopic (exact) mass is 484 g/mol. The van der Waals surface area contributed by atoms with Crippen LogP contribution in [0.3, 0.4) is 0 Å². The van der Waals surface area contributed by atoms with Crippen molar-refractivity contribution in [1.29, 1.82) is 0 Å². The van der Waals surface area contributed by atoms with Crippen molar-refractivity contribution in [2.24, 2.45) is 5.92 Å². The Bertz CT molecular complexity index is 1210. The van der Waals surface area contributed by atoms with Crippen LogP contribution in [0.2, 0.25) is 0 Å². The minimum absolute atomic E-state index is 0.0129. The number of carbonyl (C=O) groups is 3. The maximum atomic E-state index is 14.3. The highest BCUT2D eigenvalue weighted by Crippen LogP contribution is 2.56. The van der Waals surface area contributed by atoms with Gasteiger partial charge in [-0.1, -0.05) is 48.5 Å². The van der Waals surface area contributed by atoms with E-state index in [4.69, 9.17) is 0 Å². The number of anilines is 1. The molecule has 0 saturated carbocycles. The maximum Gasteiger partial charge on any atom is 0.253 e. The molecule has 3 amide bonds. The van der Waals surface area contributed by atoms with Crippen LogP contribution >= 0.6 is 0 Å². The molecule has 3 fully saturated rings. The molecule has 2 bridgehead atoms. The average molecular weight is 485 g/mol. The minimum atomic E-state index is -0.941. The minimum Gasteiger partial charge on any atom is -0.356 e. The van der Waals surface area contributed by atoms with E-state index in [1.54, 1.807) is 11.0 Å². The largest absolute Gasteiger partial charge is 0.356 e. The molecule has 7 heteroatoms.